The lowest BCUT2D eigenvalue weighted by atomic mass is 9.77. The predicted molar refractivity (Wildman–Crippen MR) is 95.8 cm³/mol. The van der Waals surface area contributed by atoms with Crippen molar-refractivity contribution in [3.05, 3.63) is 59.7 Å². The highest BCUT2D eigenvalue weighted by Gasteiger charge is 2.54. The molecule has 0 N–H and O–H groups in total. The normalized spacial score (nSPS) is 25.4. The summed E-state index contributed by atoms with van der Waals surface area (Å²) in [4.78, 5) is 37.2. The van der Waals surface area contributed by atoms with E-state index in [1.54, 1.807) is 24.1 Å². The summed E-state index contributed by atoms with van der Waals surface area (Å²) in [6.07, 6.45) is 6.68. The lowest BCUT2D eigenvalue weighted by Gasteiger charge is -2.37. The molecule has 1 heterocycles. The van der Waals surface area contributed by atoms with Gasteiger partial charge in [0.25, 0.3) is 0 Å². The average molecular weight is 421 g/mol. The molecule has 23 heavy (non-hydrogen) atoms. The molecule has 0 radical (unpaired) electrons. The zero-order chi connectivity index (χ0) is 16.8. The van der Waals surface area contributed by atoms with Crippen molar-refractivity contribution in [2.75, 3.05) is 7.05 Å². The first kappa shape index (κ1) is 16.1. The standard InChI is InChI=1S/C18H16INO3/c1-11(21)12-3-5-13(6-4-12)15-16(19)17(23)20(2)18(15)9-7-14(22)8-10-18/h3-10,15-16H,1-2H3. The zero-order valence-electron chi connectivity index (χ0n) is 12.8. The Balaban J connectivity index is 2.09. The Bertz CT molecular complexity index is 732. The molecular weight excluding hydrogens is 405 g/mol. The van der Waals surface area contributed by atoms with E-state index in [-0.39, 0.29) is 27.3 Å². The molecule has 0 bridgehead atoms. The third-order valence-corrected chi connectivity index (χ3v) is 5.90. The van der Waals surface area contributed by atoms with Crippen LogP contribution < -0.4 is 0 Å². The number of rotatable bonds is 2. The molecule has 3 rings (SSSR count). The van der Waals surface area contributed by atoms with Crippen LogP contribution in [0.25, 0.3) is 0 Å². The minimum atomic E-state index is -0.630. The van der Waals surface area contributed by atoms with E-state index in [1.807, 2.05) is 24.3 Å². The summed E-state index contributed by atoms with van der Waals surface area (Å²) in [5, 5.41) is 0. The molecule has 2 unspecified atom stereocenters. The highest BCUT2D eigenvalue weighted by molar-refractivity contribution is 14.1. The number of Topliss-reactive ketones (excluding diaryl/α,β-unsaturated/α-hetero) is 1. The van der Waals surface area contributed by atoms with Crippen LogP contribution in [0.2, 0.25) is 0 Å². The fraction of sp³-hybridized carbons (Fsp3) is 0.278. The molecule has 1 aromatic carbocycles. The van der Waals surface area contributed by atoms with E-state index < -0.39 is 5.54 Å². The summed E-state index contributed by atoms with van der Waals surface area (Å²) in [6, 6.07) is 7.39. The summed E-state index contributed by atoms with van der Waals surface area (Å²) in [7, 11) is 1.77. The number of amides is 1. The fourth-order valence-corrected chi connectivity index (χ4v) is 4.70. The zero-order valence-corrected chi connectivity index (χ0v) is 15.0. The Hall–Kier alpha value is -1.76. The predicted octanol–water partition coefficient (Wildman–Crippen LogP) is 2.68. The van der Waals surface area contributed by atoms with Crippen LogP contribution in [0.15, 0.2) is 48.6 Å². The second-order valence-corrected chi connectivity index (χ2v) is 7.25. The molecule has 1 spiro atoms. The van der Waals surface area contributed by atoms with Crippen molar-refractivity contribution in [1.29, 1.82) is 0 Å². The van der Waals surface area contributed by atoms with Gasteiger partial charge in [0.05, 0.1) is 9.46 Å². The van der Waals surface area contributed by atoms with Crippen LogP contribution in [0.1, 0.15) is 28.8 Å². The Labute approximate surface area is 148 Å². The van der Waals surface area contributed by atoms with Crippen molar-refractivity contribution in [3.63, 3.8) is 0 Å². The van der Waals surface area contributed by atoms with Crippen LogP contribution in [0.5, 0.6) is 0 Å². The minimum Gasteiger partial charge on any atom is -0.331 e. The number of halogens is 1. The average Bonchev–Trinajstić information content (AvgIpc) is 2.72. The van der Waals surface area contributed by atoms with E-state index >= 15 is 0 Å². The molecule has 0 saturated carbocycles. The second kappa shape index (κ2) is 5.70. The lowest BCUT2D eigenvalue weighted by molar-refractivity contribution is -0.127. The number of carbonyl (C=O) groups excluding carboxylic acids is 3. The minimum absolute atomic E-state index is 0.0138. The van der Waals surface area contributed by atoms with E-state index in [4.69, 9.17) is 0 Å². The Morgan fingerprint density at radius 2 is 1.70 bits per heavy atom. The Morgan fingerprint density at radius 1 is 1.13 bits per heavy atom. The number of benzene rings is 1. The second-order valence-electron chi connectivity index (χ2n) is 5.91. The Morgan fingerprint density at radius 3 is 2.22 bits per heavy atom. The molecule has 1 fully saturated rings. The summed E-state index contributed by atoms with van der Waals surface area (Å²) in [5.41, 5.74) is 1.00. The van der Waals surface area contributed by atoms with Crippen molar-refractivity contribution in [2.24, 2.45) is 0 Å². The van der Waals surface area contributed by atoms with Crippen molar-refractivity contribution in [1.82, 2.24) is 4.90 Å². The number of ketones is 2. The largest absolute Gasteiger partial charge is 0.331 e. The highest BCUT2D eigenvalue weighted by Crippen LogP contribution is 2.48. The van der Waals surface area contributed by atoms with Gasteiger partial charge in [-0.05, 0) is 24.6 Å². The van der Waals surface area contributed by atoms with E-state index in [2.05, 4.69) is 22.6 Å². The number of carbonyl (C=O) groups is 3. The molecule has 1 aliphatic carbocycles. The summed E-state index contributed by atoms with van der Waals surface area (Å²) < 4.78 is -0.233. The molecule has 1 saturated heterocycles. The number of hydrogen-bond donors (Lipinski definition) is 0. The van der Waals surface area contributed by atoms with Crippen LogP contribution in [0.4, 0.5) is 0 Å². The lowest BCUT2D eigenvalue weighted by Crippen LogP contribution is -2.44. The number of hydrogen-bond acceptors (Lipinski definition) is 3. The van der Waals surface area contributed by atoms with Crippen LogP contribution in [0, 0.1) is 0 Å². The third-order valence-electron chi connectivity index (χ3n) is 4.64. The van der Waals surface area contributed by atoms with Crippen molar-refractivity contribution >= 4 is 40.1 Å². The quantitative estimate of drug-likeness (QED) is 0.419. The maximum atomic E-state index is 12.5. The SMILES string of the molecule is CC(=O)c1ccc(C2C(I)C(=O)N(C)C23C=CC(=O)C=C3)cc1. The molecule has 2 atom stereocenters. The van der Waals surface area contributed by atoms with E-state index in [9.17, 15) is 14.4 Å². The number of likely N-dealkylation sites (tertiary alicyclic amines) is 1. The molecule has 5 heteroatoms. The first-order valence-corrected chi connectivity index (χ1v) is 8.56. The first-order chi connectivity index (χ1) is 10.9. The summed E-state index contributed by atoms with van der Waals surface area (Å²) >= 11 is 2.17. The molecule has 4 nitrogen and oxygen atoms in total. The highest BCUT2D eigenvalue weighted by atomic mass is 127. The van der Waals surface area contributed by atoms with Gasteiger partial charge in [0, 0.05) is 18.5 Å². The molecule has 0 aromatic heterocycles. The van der Waals surface area contributed by atoms with Gasteiger partial charge in [0.2, 0.25) is 5.91 Å². The van der Waals surface area contributed by atoms with Crippen LogP contribution >= 0.6 is 22.6 Å². The van der Waals surface area contributed by atoms with Gasteiger partial charge in [-0.3, -0.25) is 14.4 Å². The number of likely N-dealkylation sites (N-methyl/N-ethyl adjacent to an activating group) is 1. The van der Waals surface area contributed by atoms with Crippen LogP contribution in [-0.4, -0.2) is 38.9 Å². The molecule has 2 aliphatic rings. The van der Waals surface area contributed by atoms with Gasteiger partial charge in [-0.1, -0.05) is 59.0 Å². The van der Waals surface area contributed by atoms with E-state index in [0.29, 0.717) is 5.56 Å². The molecular formula is C18H16INO3. The fourth-order valence-electron chi connectivity index (χ4n) is 3.30. The first-order valence-electron chi connectivity index (χ1n) is 7.32. The van der Waals surface area contributed by atoms with Crippen LogP contribution in [-0.2, 0) is 9.59 Å². The summed E-state index contributed by atoms with van der Waals surface area (Å²) in [5.74, 6) is -0.129. The van der Waals surface area contributed by atoms with Gasteiger partial charge in [-0.2, -0.15) is 0 Å². The van der Waals surface area contributed by atoms with Crippen molar-refractivity contribution < 1.29 is 14.4 Å². The van der Waals surface area contributed by atoms with E-state index in [1.165, 1.54) is 19.1 Å². The van der Waals surface area contributed by atoms with Gasteiger partial charge in [0.1, 0.15) is 0 Å². The van der Waals surface area contributed by atoms with E-state index in [0.717, 1.165) is 5.56 Å². The van der Waals surface area contributed by atoms with Gasteiger partial charge in [-0.15, -0.1) is 0 Å². The molecule has 1 amide bonds. The molecule has 1 aliphatic heterocycles. The molecule has 118 valence electrons. The number of alkyl halides is 1. The van der Waals surface area contributed by atoms with Gasteiger partial charge in [-0.25, -0.2) is 0 Å². The number of nitrogens with zero attached hydrogens (tertiary/aromatic N) is 1. The smallest absolute Gasteiger partial charge is 0.236 e. The molecule has 1 aromatic rings. The van der Waals surface area contributed by atoms with Crippen molar-refractivity contribution in [2.45, 2.75) is 22.3 Å². The Kier molecular flexibility index (Phi) is 4.00. The number of allylic oxidation sites excluding steroid dienone is 2. The topological polar surface area (TPSA) is 54.5 Å². The summed E-state index contributed by atoms with van der Waals surface area (Å²) in [6.45, 7) is 1.53. The monoisotopic (exact) mass is 421 g/mol. The van der Waals surface area contributed by atoms with Crippen LogP contribution in [0.3, 0.4) is 0 Å². The maximum Gasteiger partial charge on any atom is 0.236 e. The van der Waals surface area contributed by atoms with Gasteiger partial charge >= 0.3 is 0 Å². The van der Waals surface area contributed by atoms with Gasteiger partial charge in [0.15, 0.2) is 11.6 Å². The van der Waals surface area contributed by atoms with Gasteiger partial charge < -0.3 is 4.90 Å². The third kappa shape index (κ3) is 2.47. The maximum absolute atomic E-state index is 12.5. The van der Waals surface area contributed by atoms with Crippen molar-refractivity contribution in [3.8, 4) is 0 Å².